The van der Waals surface area contributed by atoms with Gasteiger partial charge < -0.3 is 15.0 Å². The van der Waals surface area contributed by atoms with Crippen LogP contribution in [-0.4, -0.2) is 60.7 Å². The molecule has 5 nitrogen and oxygen atoms in total. The molecule has 2 heterocycles. The van der Waals surface area contributed by atoms with E-state index in [1.807, 2.05) is 23.1 Å². The normalized spacial score (nSPS) is 20.2. The lowest BCUT2D eigenvalue weighted by atomic mass is 10.1. The van der Waals surface area contributed by atoms with Gasteiger partial charge in [0.25, 0.3) is 0 Å². The van der Waals surface area contributed by atoms with E-state index in [4.69, 9.17) is 4.74 Å². The smallest absolute Gasteiger partial charge is 0.317 e. The van der Waals surface area contributed by atoms with Crippen molar-refractivity contribution in [3.05, 3.63) is 29.8 Å². The molecule has 0 aliphatic carbocycles. The van der Waals surface area contributed by atoms with Gasteiger partial charge in [-0.15, -0.1) is 0 Å². The lowest BCUT2D eigenvalue weighted by molar-refractivity contribution is 0.0439. The van der Waals surface area contributed by atoms with Crippen LogP contribution in [0.15, 0.2) is 24.3 Å². The number of nitrogens with one attached hydrogen (secondary N) is 1. The number of rotatable bonds is 5. The number of carbonyl (C=O) groups excluding carboxylic acids is 1. The molecule has 1 unspecified atom stereocenters. The first-order valence-corrected chi connectivity index (χ1v) is 8.62. The van der Waals surface area contributed by atoms with Gasteiger partial charge in [-0.1, -0.05) is 12.1 Å². The van der Waals surface area contributed by atoms with Gasteiger partial charge in [0.05, 0.1) is 13.1 Å². The third-order valence-electron chi connectivity index (χ3n) is 4.74. The number of amides is 2. The maximum absolute atomic E-state index is 12.1. The number of ether oxygens (including phenoxy) is 1. The van der Waals surface area contributed by atoms with Gasteiger partial charge in [0.15, 0.2) is 0 Å². The number of benzene rings is 1. The maximum Gasteiger partial charge on any atom is 0.317 e. The molecule has 0 aromatic heterocycles. The first-order valence-electron chi connectivity index (χ1n) is 8.62. The molecule has 5 heteroatoms. The molecule has 1 aromatic carbocycles. The number of nitrogens with zero attached hydrogens (tertiary/aromatic N) is 2. The lowest BCUT2D eigenvalue weighted by Gasteiger charge is -2.39. The molecule has 2 fully saturated rings. The fourth-order valence-electron chi connectivity index (χ4n) is 3.22. The van der Waals surface area contributed by atoms with Gasteiger partial charge in [-0.25, -0.2) is 4.79 Å². The molecular weight excluding hydrogens is 290 g/mol. The average Bonchev–Trinajstić information content (AvgIpc) is 3.02. The van der Waals surface area contributed by atoms with Crippen LogP contribution in [0.1, 0.15) is 25.3 Å². The van der Waals surface area contributed by atoms with Crippen molar-refractivity contribution in [2.45, 2.75) is 38.8 Å². The van der Waals surface area contributed by atoms with E-state index in [1.54, 1.807) is 0 Å². The zero-order valence-electron chi connectivity index (χ0n) is 14.1. The van der Waals surface area contributed by atoms with Crippen molar-refractivity contribution in [3.63, 3.8) is 0 Å². The Hall–Kier alpha value is -1.75. The van der Waals surface area contributed by atoms with Gasteiger partial charge in [-0.05, 0) is 57.5 Å². The number of hydrogen-bond acceptors (Lipinski definition) is 3. The van der Waals surface area contributed by atoms with Crippen molar-refractivity contribution < 1.29 is 9.53 Å². The fraction of sp³-hybridized carbons (Fsp3) is 0.611. The van der Waals surface area contributed by atoms with Gasteiger partial charge >= 0.3 is 6.03 Å². The Balaban J connectivity index is 1.36. The van der Waals surface area contributed by atoms with Crippen molar-refractivity contribution >= 4 is 6.03 Å². The quantitative estimate of drug-likeness (QED) is 0.906. The summed E-state index contributed by atoms with van der Waals surface area (Å²) in [5.74, 6) is 0.887. The minimum absolute atomic E-state index is 0.0279. The highest BCUT2D eigenvalue weighted by Gasteiger charge is 2.32. The second-order valence-electron chi connectivity index (χ2n) is 6.74. The number of aryl methyl sites for hydroxylation is 1. The molecular formula is C18H27N3O2. The van der Waals surface area contributed by atoms with E-state index >= 15 is 0 Å². The van der Waals surface area contributed by atoms with Crippen molar-refractivity contribution in [2.75, 3.05) is 32.7 Å². The molecule has 0 bridgehead atoms. The SMILES string of the molecule is Cc1cccc(OC2CN(C(=O)NCC(C)N3CCCC3)C2)c1. The van der Waals surface area contributed by atoms with Crippen molar-refractivity contribution in [1.82, 2.24) is 15.1 Å². The highest BCUT2D eigenvalue weighted by atomic mass is 16.5. The first-order chi connectivity index (χ1) is 11.1. The van der Waals surface area contributed by atoms with Gasteiger partial charge in [-0.2, -0.15) is 0 Å². The summed E-state index contributed by atoms with van der Waals surface area (Å²) in [4.78, 5) is 16.4. The molecule has 126 valence electrons. The Morgan fingerprint density at radius 2 is 2.09 bits per heavy atom. The number of hydrogen-bond donors (Lipinski definition) is 1. The molecule has 23 heavy (non-hydrogen) atoms. The Bertz CT molecular complexity index is 537. The van der Waals surface area contributed by atoms with Crippen LogP contribution < -0.4 is 10.1 Å². The molecule has 1 N–H and O–H groups in total. The molecule has 2 saturated heterocycles. The van der Waals surface area contributed by atoms with E-state index in [-0.39, 0.29) is 12.1 Å². The van der Waals surface area contributed by atoms with Crippen molar-refractivity contribution in [3.8, 4) is 5.75 Å². The van der Waals surface area contributed by atoms with E-state index in [0.29, 0.717) is 19.1 Å². The van der Waals surface area contributed by atoms with Gasteiger partial charge in [0.1, 0.15) is 11.9 Å². The molecule has 1 atom stereocenters. The topological polar surface area (TPSA) is 44.8 Å². The predicted molar refractivity (Wildman–Crippen MR) is 90.8 cm³/mol. The summed E-state index contributed by atoms with van der Waals surface area (Å²) in [7, 11) is 0. The molecule has 0 radical (unpaired) electrons. The van der Waals surface area contributed by atoms with E-state index in [9.17, 15) is 4.79 Å². The highest BCUT2D eigenvalue weighted by Crippen LogP contribution is 2.19. The third-order valence-corrected chi connectivity index (χ3v) is 4.74. The Kier molecular flexibility index (Phi) is 5.06. The van der Waals surface area contributed by atoms with Crippen LogP contribution in [0.25, 0.3) is 0 Å². The third kappa shape index (κ3) is 4.16. The maximum atomic E-state index is 12.1. The van der Waals surface area contributed by atoms with Crippen LogP contribution in [0.4, 0.5) is 4.79 Å². The van der Waals surface area contributed by atoms with Crippen LogP contribution in [0.2, 0.25) is 0 Å². The summed E-state index contributed by atoms with van der Waals surface area (Å²) in [5, 5.41) is 3.04. The molecule has 2 aliphatic heterocycles. The lowest BCUT2D eigenvalue weighted by Crippen LogP contribution is -2.59. The van der Waals surface area contributed by atoms with E-state index < -0.39 is 0 Å². The van der Waals surface area contributed by atoms with E-state index in [1.165, 1.54) is 18.4 Å². The van der Waals surface area contributed by atoms with Crippen molar-refractivity contribution in [2.24, 2.45) is 0 Å². The summed E-state index contributed by atoms with van der Waals surface area (Å²) in [6.45, 7) is 8.61. The molecule has 0 saturated carbocycles. The number of likely N-dealkylation sites (tertiary alicyclic amines) is 2. The zero-order valence-corrected chi connectivity index (χ0v) is 14.1. The zero-order chi connectivity index (χ0) is 16.2. The first kappa shape index (κ1) is 16.1. The van der Waals surface area contributed by atoms with Crippen LogP contribution in [0, 0.1) is 6.92 Å². The standard InChI is InChI=1S/C18H27N3O2/c1-14-6-5-7-16(10-14)23-17-12-21(13-17)18(22)19-11-15(2)20-8-3-4-9-20/h5-7,10,15,17H,3-4,8-9,11-13H2,1-2H3,(H,19,22). The Labute approximate surface area is 138 Å². The van der Waals surface area contributed by atoms with Crippen LogP contribution in [0.5, 0.6) is 5.75 Å². The minimum atomic E-state index is 0.0279. The summed E-state index contributed by atoms with van der Waals surface area (Å²) in [6, 6.07) is 8.48. The number of carbonyl (C=O) groups is 1. The second-order valence-corrected chi connectivity index (χ2v) is 6.74. The largest absolute Gasteiger partial charge is 0.487 e. The minimum Gasteiger partial charge on any atom is -0.487 e. The van der Waals surface area contributed by atoms with Crippen LogP contribution in [-0.2, 0) is 0 Å². The Morgan fingerprint density at radius 1 is 1.35 bits per heavy atom. The molecule has 3 rings (SSSR count). The summed E-state index contributed by atoms with van der Waals surface area (Å²) in [5.41, 5.74) is 1.19. The van der Waals surface area contributed by atoms with E-state index in [2.05, 4.69) is 30.1 Å². The van der Waals surface area contributed by atoms with Gasteiger partial charge in [0.2, 0.25) is 0 Å². The van der Waals surface area contributed by atoms with Gasteiger partial charge in [0, 0.05) is 12.6 Å². The van der Waals surface area contributed by atoms with E-state index in [0.717, 1.165) is 25.4 Å². The van der Waals surface area contributed by atoms with Crippen LogP contribution >= 0.6 is 0 Å². The molecule has 2 amide bonds. The fourth-order valence-corrected chi connectivity index (χ4v) is 3.22. The average molecular weight is 317 g/mol. The highest BCUT2D eigenvalue weighted by molar-refractivity contribution is 5.75. The molecule has 2 aliphatic rings. The summed E-state index contributed by atoms with van der Waals surface area (Å²) >= 11 is 0. The summed E-state index contributed by atoms with van der Waals surface area (Å²) in [6.07, 6.45) is 2.67. The second kappa shape index (κ2) is 7.21. The molecule has 1 aromatic rings. The number of urea groups is 1. The Morgan fingerprint density at radius 3 is 2.78 bits per heavy atom. The van der Waals surface area contributed by atoms with Crippen LogP contribution in [0.3, 0.4) is 0 Å². The van der Waals surface area contributed by atoms with Crippen molar-refractivity contribution in [1.29, 1.82) is 0 Å². The predicted octanol–water partition coefficient (Wildman–Crippen LogP) is 2.25. The monoisotopic (exact) mass is 317 g/mol. The molecule has 0 spiro atoms. The summed E-state index contributed by atoms with van der Waals surface area (Å²) < 4.78 is 5.89. The van der Waals surface area contributed by atoms with Gasteiger partial charge in [-0.3, -0.25) is 4.90 Å².